The van der Waals surface area contributed by atoms with Gasteiger partial charge in [-0.25, -0.2) is 14.4 Å². The fourth-order valence-electron chi connectivity index (χ4n) is 3.06. The minimum absolute atomic E-state index is 0.0346. The van der Waals surface area contributed by atoms with Crippen LogP contribution in [-0.4, -0.2) is 66.7 Å². The van der Waals surface area contributed by atoms with E-state index in [0.717, 1.165) is 0 Å². The van der Waals surface area contributed by atoms with E-state index in [1.54, 1.807) is 18.7 Å². The SMILES string of the molecule is C=C(C)C(=O)OCC(C)(C)CN1CC(C)N(CC(C)(C)COC(=O)C(=C)C)C1=O. The van der Waals surface area contributed by atoms with Gasteiger partial charge in [-0.05, 0) is 20.8 Å². The molecule has 1 saturated heterocycles. The van der Waals surface area contributed by atoms with Gasteiger partial charge in [0.2, 0.25) is 0 Å². The third-order valence-corrected chi connectivity index (χ3v) is 4.64. The van der Waals surface area contributed by atoms with Crippen molar-refractivity contribution in [2.75, 3.05) is 32.8 Å². The molecule has 1 rings (SSSR count). The van der Waals surface area contributed by atoms with Gasteiger partial charge in [-0.15, -0.1) is 0 Å². The number of urea groups is 1. The standard InChI is InChI=1S/C22H36N2O5/c1-15(2)18(25)28-13-21(6,7)11-23-10-17(5)24(20(23)27)12-22(8,9)14-29-19(26)16(3)4/h17H,1,3,10-14H2,2,4-9H3. The van der Waals surface area contributed by atoms with Gasteiger partial charge in [0.15, 0.2) is 0 Å². The maximum absolute atomic E-state index is 13.0. The Balaban J connectivity index is 2.68. The lowest BCUT2D eigenvalue weighted by Crippen LogP contribution is -2.44. The maximum atomic E-state index is 13.0. The van der Waals surface area contributed by atoms with Crippen molar-refractivity contribution in [1.82, 2.24) is 9.80 Å². The molecular weight excluding hydrogens is 372 g/mol. The molecule has 0 radical (unpaired) electrons. The number of nitrogens with zero attached hydrogens (tertiary/aromatic N) is 2. The quantitative estimate of drug-likeness (QED) is 0.409. The summed E-state index contributed by atoms with van der Waals surface area (Å²) in [5, 5.41) is 0. The van der Waals surface area contributed by atoms with Gasteiger partial charge in [0, 0.05) is 47.7 Å². The Bertz CT molecular complexity index is 681. The first-order valence-electron chi connectivity index (χ1n) is 9.86. The molecule has 0 bridgehead atoms. The molecule has 1 fully saturated rings. The average molecular weight is 409 g/mol. The molecule has 29 heavy (non-hydrogen) atoms. The van der Waals surface area contributed by atoms with Crippen molar-refractivity contribution < 1.29 is 23.9 Å². The molecule has 0 saturated carbocycles. The van der Waals surface area contributed by atoms with Crippen molar-refractivity contribution >= 4 is 18.0 Å². The number of ether oxygens (including phenoxy) is 2. The third kappa shape index (κ3) is 7.55. The molecule has 0 N–H and O–H groups in total. The summed E-state index contributed by atoms with van der Waals surface area (Å²) >= 11 is 0. The Hall–Kier alpha value is -2.31. The van der Waals surface area contributed by atoms with Gasteiger partial charge in [0.25, 0.3) is 0 Å². The number of hydrogen-bond donors (Lipinski definition) is 0. The lowest BCUT2D eigenvalue weighted by atomic mass is 9.93. The molecule has 7 nitrogen and oxygen atoms in total. The first kappa shape index (κ1) is 24.7. The van der Waals surface area contributed by atoms with Crippen LogP contribution in [0.2, 0.25) is 0 Å². The largest absolute Gasteiger partial charge is 0.462 e. The molecule has 0 aliphatic carbocycles. The Morgan fingerprint density at radius 2 is 1.38 bits per heavy atom. The average Bonchev–Trinajstić information content (AvgIpc) is 2.84. The topological polar surface area (TPSA) is 76.2 Å². The van der Waals surface area contributed by atoms with Crippen LogP contribution in [0.5, 0.6) is 0 Å². The van der Waals surface area contributed by atoms with E-state index in [2.05, 4.69) is 13.2 Å². The first-order valence-corrected chi connectivity index (χ1v) is 9.86. The summed E-state index contributed by atoms with van der Waals surface area (Å²) in [5.41, 5.74) is -0.0692. The smallest absolute Gasteiger partial charge is 0.333 e. The van der Waals surface area contributed by atoms with E-state index in [0.29, 0.717) is 30.8 Å². The summed E-state index contributed by atoms with van der Waals surface area (Å²) in [6.45, 7) is 22.2. The van der Waals surface area contributed by atoms with Gasteiger partial charge in [0.1, 0.15) is 0 Å². The van der Waals surface area contributed by atoms with Crippen LogP contribution in [0.1, 0.15) is 48.5 Å². The Kier molecular flexibility index (Phi) is 8.07. The number of hydrogen-bond acceptors (Lipinski definition) is 5. The predicted octanol–water partition coefficient (Wildman–Crippen LogP) is 3.40. The van der Waals surface area contributed by atoms with Crippen LogP contribution in [0.3, 0.4) is 0 Å². The van der Waals surface area contributed by atoms with Crippen LogP contribution >= 0.6 is 0 Å². The predicted molar refractivity (Wildman–Crippen MR) is 112 cm³/mol. The minimum Gasteiger partial charge on any atom is -0.462 e. The van der Waals surface area contributed by atoms with E-state index >= 15 is 0 Å². The number of amides is 2. The van der Waals surface area contributed by atoms with Crippen LogP contribution in [0.4, 0.5) is 4.79 Å². The molecule has 0 aromatic heterocycles. The van der Waals surface area contributed by atoms with E-state index in [1.807, 2.05) is 39.5 Å². The molecule has 1 unspecified atom stereocenters. The molecule has 0 aromatic rings. The molecule has 1 aliphatic rings. The molecule has 164 valence electrons. The van der Waals surface area contributed by atoms with Crippen molar-refractivity contribution in [3.05, 3.63) is 24.3 Å². The van der Waals surface area contributed by atoms with Gasteiger partial charge < -0.3 is 19.3 Å². The third-order valence-electron chi connectivity index (χ3n) is 4.64. The second-order valence-corrected chi connectivity index (χ2v) is 9.68. The molecule has 2 amide bonds. The molecule has 1 aliphatic heterocycles. The van der Waals surface area contributed by atoms with Gasteiger partial charge in [-0.2, -0.15) is 0 Å². The Morgan fingerprint density at radius 3 is 1.79 bits per heavy atom. The summed E-state index contributed by atoms with van der Waals surface area (Å²) in [7, 11) is 0. The highest BCUT2D eigenvalue weighted by atomic mass is 16.5. The summed E-state index contributed by atoms with van der Waals surface area (Å²) in [6, 6.07) is -0.0245. The number of esters is 2. The van der Waals surface area contributed by atoms with Crippen LogP contribution in [0.15, 0.2) is 24.3 Å². The molecule has 0 aromatic carbocycles. The zero-order chi connectivity index (χ0) is 22.6. The zero-order valence-corrected chi connectivity index (χ0v) is 19.0. The zero-order valence-electron chi connectivity index (χ0n) is 19.0. The lowest BCUT2D eigenvalue weighted by molar-refractivity contribution is -0.142. The van der Waals surface area contributed by atoms with Crippen molar-refractivity contribution in [3.63, 3.8) is 0 Å². The van der Waals surface area contributed by atoms with Gasteiger partial charge in [0.05, 0.1) is 13.2 Å². The summed E-state index contributed by atoms with van der Waals surface area (Å²) in [5.74, 6) is -0.849. The monoisotopic (exact) mass is 408 g/mol. The minimum atomic E-state index is -0.424. The summed E-state index contributed by atoms with van der Waals surface area (Å²) in [4.78, 5) is 39.9. The van der Waals surface area contributed by atoms with Crippen LogP contribution in [-0.2, 0) is 19.1 Å². The molecule has 7 heteroatoms. The van der Waals surface area contributed by atoms with Gasteiger partial charge in [-0.1, -0.05) is 40.9 Å². The van der Waals surface area contributed by atoms with Crippen LogP contribution in [0.25, 0.3) is 0 Å². The first-order chi connectivity index (χ1) is 13.1. The van der Waals surface area contributed by atoms with Crippen molar-refractivity contribution in [1.29, 1.82) is 0 Å². The summed E-state index contributed by atoms with van der Waals surface area (Å²) < 4.78 is 10.6. The number of carbonyl (C=O) groups is 3. The second-order valence-electron chi connectivity index (χ2n) is 9.68. The second kappa shape index (κ2) is 9.46. The maximum Gasteiger partial charge on any atom is 0.333 e. The highest BCUT2D eigenvalue weighted by Crippen LogP contribution is 2.27. The fraction of sp³-hybridized carbons (Fsp3) is 0.682. The molecule has 0 spiro atoms. The van der Waals surface area contributed by atoms with Crippen molar-refractivity contribution in [2.45, 2.75) is 54.5 Å². The van der Waals surface area contributed by atoms with Crippen molar-refractivity contribution in [2.24, 2.45) is 10.8 Å². The lowest BCUT2D eigenvalue weighted by Gasteiger charge is -2.32. The Labute approximate surface area is 174 Å². The van der Waals surface area contributed by atoms with E-state index < -0.39 is 17.4 Å². The van der Waals surface area contributed by atoms with Crippen molar-refractivity contribution in [3.8, 4) is 0 Å². The van der Waals surface area contributed by atoms with Crippen LogP contribution < -0.4 is 0 Å². The van der Waals surface area contributed by atoms with Gasteiger partial charge >= 0.3 is 18.0 Å². The highest BCUT2D eigenvalue weighted by molar-refractivity contribution is 5.87. The van der Waals surface area contributed by atoms with E-state index in [1.165, 1.54) is 0 Å². The number of carbonyl (C=O) groups excluding carboxylic acids is 3. The van der Waals surface area contributed by atoms with E-state index in [-0.39, 0.29) is 30.7 Å². The summed E-state index contributed by atoms with van der Waals surface area (Å²) in [6.07, 6.45) is 0. The van der Waals surface area contributed by atoms with E-state index in [4.69, 9.17) is 9.47 Å². The fourth-order valence-corrected chi connectivity index (χ4v) is 3.06. The van der Waals surface area contributed by atoms with Crippen LogP contribution in [0, 0.1) is 10.8 Å². The molecular formula is C22H36N2O5. The highest BCUT2D eigenvalue weighted by Gasteiger charge is 2.40. The number of rotatable bonds is 10. The van der Waals surface area contributed by atoms with E-state index in [9.17, 15) is 14.4 Å². The molecule has 1 atom stereocenters. The van der Waals surface area contributed by atoms with Gasteiger partial charge in [-0.3, -0.25) is 0 Å². The molecule has 1 heterocycles. The Morgan fingerprint density at radius 1 is 0.966 bits per heavy atom. The normalized spacial score (nSPS) is 17.3.